The van der Waals surface area contributed by atoms with E-state index in [1.807, 2.05) is 46.9 Å². The van der Waals surface area contributed by atoms with E-state index in [4.69, 9.17) is 18.9 Å². The third-order valence-corrected chi connectivity index (χ3v) is 20.1. The summed E-state index contributed by atoms with van der Waals surface area (Å²) in [7, 11) is 5.03. The van der Waals surface area contributed by atoms with Crippen LogP contribution in [0.1, 0.15) is 175 Å². The van der Waals surface area contributed by atoms with Crippen molar-refractivity contribution < 1.29 is 82.2 Å². The van der Waals surface area contributed by atoms with Crippen LogP contribution in [-0.2, 0) is 61.2 Å². The van der Waals surface area contributed by atoms with Crippen LogP contribution in [0.15, 0.2) is 97.1 Å². The Bertz CT molecular complexity index is 3840. The number of likely N-dealkylation sites (N-methyl/N-ethyl adjacent to an activating group) is 1. The Morgan fingerprint density at radius 2 is 1.00 bits per heavy atom. The van der Waals surface area contributed by atoms with Gasteiger partial charge >= 0.3 is 18.5 Å². The van der Waals surface area contributed by atoms with Crippen molar-refractivity contribution in [2.75, 3.05) is 80.2 Å². The SMILES string of the molecule is CCCCOc1ccc(C(=O)N2CCC3(CC2)NCCn2c(C(F)(F)F)ccc23)cc1OC.CN1CCn2c(C(F)(F)F)ccc2C12CCN(C(=O)c1ccc(CC(C)(C)O)cc1)CC2.COc1cc(C(=O)N2CCC3(CC2)NC(C)(C)Cn2c(C(F)(F)F)ccc23)ccc1OC(C)C.[HH].[HH].[HH]. The first-order valence-electron chi connectivity index (χ1n) is 34.0. The van der Waals surface area contributed by atoms with Gasteiger partial charge in [-0.15, -0.1) is 0 Å². The lowest BCUT2D eigenvalue weighted by atomic mass is 9.79. The molecule has 3 fully saturated rings. The van der Waals surface area contributed by atoms with Crippen LogP contribution in [-0.4, -0.2) is 154 Å². The van der Waals surface area contributed by atoms with Crippen LogP contribution < -0.4 is 29.6 Å². The van der Waals surface area contributed by atoms with Crippen LogP contribution in [0, 0.1) is 0 Å². The van der Waals surface area contributed by atoms with Crippen LogP contribution in [0.25, 0.3) is 0 Å². The fourth-order valence-electron chi connectivity index (χ4n) is 15.3. The van der Waals surface area contributed by atoms with E-state index >= 15 is 0 Å². The zero-order valence-electron chi connectivity index (χ0n) is 58.0. The molecule has 3 aromatic carbocycles. The first-order valence-corrected chi connectivity index (χ1v) is 34.0. The van der Waals surface area contributed by atoms with Gasteiger partial charge in [0, 0.05) is 122 Å². The summed E-state index contributed by atoms with van der Waals surface area (Å²) < 4.78 is 148. The normalized spacial score (nSPS) is 18.7. The van der Waals surface area contributed by atoms with Crippen molar-refractivity contribution in [1.82, 2.24) is 43.9 Å². The minimum Gasteiger partial charge on any atom is -0.493 e. The number of carbonyl (C=O) groups excluding carboxylic acids is 3. The highest BCUT2D eigenvalue weighted by Crippen LogP contribution is 2.47. The van der Waals surface area contributed by atoms with Crippen molar-refractivity contribution in [2.45, 2.75) is 178 Å². The number of nitrogens with one attached hydrogen (secondary N) is 2. The van der Waals surface area contributed by atoms with Crippen molar-refractivity contribution in [3.63, 3.8) is 0 Å². The quantitative estimate of drug-likeness (QED) is 0.0746. The molecule has 0 unspecified atom stereocenters. The van der Waals surface area contributed by atoms with E-state index in [-0.39, 0.29) is 41.2 Å². The first-order chi connectivity index (χ1) is 46.5. The van der Waals surface area contributed by atoms with Gasteiger partial charge in [-0.3, -0.25) is 24.6 Å². The van der Waals surface area contributed by atoms with Crippen molar-refractivity contribution >= 4 is 17.7 Å². The second-order valence-corrected chi connectivity index (χ2v) is 28.4. The number of piperidine rings is 3. The summed E-state index contributed by atoms with van der Waals surface area (Å²) in [6.07, 6.45) is -7.41. The number of methoxy groups -OCH3 is 2. The predicted molar refractivity (Wildman–Crippen MR) is 362 cm³/mol. The topological polar surface area (TPSA) is 160 Å². The number of nitrogens with zero attached hydrogens (tertiary/aromatic N) is 7. The summed E-state index contributed by atoms with van der Waals surface area (Å²) in [5.41, 5.74) is -0.281. The van der Waals surface area contributed by atoms with E-state index in [0.29, 0.717) is 167 Å². The van der Waals surface area contributed by atoms with Crippen LogP contribution in [0.4, 0.5) is 39.5 Å². The minimum atomic E-state index is -4.41. The molecule has 3 amide bonds. The van der Waals surface area contributed by atoms with Gasteiger partial charge in [-0.1, -0.05) is 25.5 Å². The van der Waals surface area contributed by atoms with Gasteiger partial charge in [0.1, 0.15) is 17.1 Å². The van der Waals surface area contributed by atoms with Crippen molar-refractivity contribution in [3.8, 4) is 23.0 Å². The number of halogens is 9. The summed E-state index contributed by atoms with van der Waals surface area (Å²) in [6, 6.07) is 25.9. The Morgan fingerprint density at radius 3 is 1.49 bits per heavy atom. The summed E-state index contributed by atoms with van der Waals surface area (Å²) in [5.74, 6) is 1.85. The summed E-state index contributed by atoms with van der Waals surface area (Å²) in [6.45, 7) is 18.4. The van der Waals surface area contributed by atoms with Gasteiger partial charge in [0.15, 0.2) is 23.0 Å². The van der Waals surface area contributed by atoms with Crippen LogP contribution in [0.3, 0.4) is 0 Å². The van der Waals surface area contributed by atoms with E-state index in [9.17, 15) is 59.0 Å². The van der Waals surface area contributed by atoms with Gasteiger partial charge in [-0.2, -0.15) is 39.5 Å². The van der Waals surface area contributed by atoms with E-state index in [1.165, 1.54) is 32.9 Å². The Kier molecular flexibility index (Phi) is 21.5. The molecule has 6 aromatic rings. The number of likely N-dealkylation sites (tertiary alicyclic amines) is 3. The van der Waals surface area contributed by atoms with E-state index in [1.54, 1.807) is 102 Å². The van der Waals surface area contributed by atoms with E-state index in [0.717, 1.165) is 24.5 Å². The average Bonchev–Trinajstić information content (AvgIpc) is 1.44. The van der Waals surface area contributed by atoms with Crippen molar-refractivity contribution in [1.29, 1.82) is 0 Å². The molecule has 3 saturated heterocycles. The molecule has 12 rings (SSSR count). The molecular weight excluding hydrogens is 1300 g/mol. The fraction of sp³-hybridized carbons (Fsp3) is 0.548. The second-order valence-electron chi connectivity index (χ2n) is 28.4. The molecule has 0 bridgehead atoms. The van der Waals surface area contributed by atoms with Crippen LogP contribution in [0.5, 0.6) is 23.0 Å². The second kappa shape index (κ2) is 28.7. The highest BCUT2D eigenvalue weighted by atomic mass is 19.4. The minimum absolute atomic E-state index is 0. The number of alkyl halides is 9. The van der Waals surface area contributed by atoms with Gasteiger partial charge in [0.25, 0.3) is 17.7 Å². The number of hydrogen-bond acceptors (Lipinski definition) is 11. The van der Waals surface area contributed by atoms with Crippen LogP contribution in [0.2, 0.25) is 0 Å². The molecule has 3 aromatic heterocycles. The maximum absolute atomic E-state index is 13.6. The third kappa shape index (κ3) is 15.9. The number of ether oxygens (including phenoxy) is 4. The van der Waals surface area contributed by atoms with Gasteiger partial charge < -0.3 is 57.8 Å². The highest BCUT2D eigenvalue weighted by molar-refractivity contribution is 5.96. The molecular formula is C73H98F9N9O8. The number of aromatic nitrogens is 3. The number of aliphatic hydroxyl groups is 1. The number of carbonyl (C=O) groups is 3. The smallest absolute Gasteiger partial charge is 0.431 e. The third-order valence-electron chi connectivity index (χ3n) is 20.1. The van der Waals surface area contributed by atoms with Crippen molar-refractivity contribution in [2.24, 2.45) is 0 Å². The zero-order chi connectivity index (χ0) is 71.8. The summed E-state index contributed by atoms with van der Waals surface area (Å²) >= 11 is 0. The first kappa shape index (κ1) is 74.0. The molecule has 3 spiro atoms. The zero-order valence-corrected chi connectivity index (χ0v) is 58.0. The lowest BCUT2D eigenvalue weighted by Gasteiger charge is -2.51. The highest BCUT2D eigenvalue weighted by Gasteiger charge is 2.51. The Hall–Kier alpha value is -7.68. The molecule has 0 atom stereocenters. The molecule has 6 aliphatic heterocycles. The van der Waals surface area contributed by atoms with Crippen molar-refractivity contribution in [3.05, 3.63) is 153 Å². The molecule has 0 aliphatic carbocycles. The number of fused-ring (bicyclic) bond motifs is 6. The Labute approximate surface area is 576 Å². The number of rotatable bonds is 13. The summed E-state index contributed by atoms with van der Waals surface area (Å²) in [4.78, 5) is 46.9. The Morgan fingerprint density at radius 1 is 0.556 bits per heavy atom. The standard InChI is InChI=1S/C25H32F3N3O3.C24H30F3N3O3.C24H30F3N3O2.3H2/c1-16(2)34-18-7-6-17(14-19(18)33-5)22(32)30-12-10-24(11-13-30)20-8-9-21(25(26,27)28)31(20)15-23(3,4)29-24;1-3-4-15-33-18-6-5-17(16-19(18)32-2)22(31)29-12-9-23(10-13-29)20-7-8-21(24(25,26)27)30(20)14-11-28-23;1-22(2,32)16-17-4-6-18(7-5-17)21(31)29-12-10-23(11-13-29)19-8-9-20(24(25,26)27)30(19)15-14-28(23)3;;;/h6-9,14,16,29H,10-13,15H2,1-5H3;5-8,16,28H,3-4,9-15H2,1-2H3;4-9,32H,10-16H2,1-3H3;3*1H. The van der Waals surface area contributed by atoms with Crippen LogP contribution >= 0.6 is 0 Å². The van der Waals surface area contributed by atoms with Gasteiger partial charge in [0.2, 0.25) is 0 Å². The fourth-order valence-corrected chi connectivity index (χ4v) is 15.3. The average molecular weight is 1400 g/mol. The van der Waals surface area contributed by atoms with Gasteiger partial charge in [0.05, 0.1) is 49.1 Å². The monoisotopic (exact) mass is 1400 g/mol. The Balaban J connectivity index is 0.000000211. The maximum Gasteiger partial charge on any atom is 0.431 e. The van der Waals surface area contributed by atoms with Gasteiger partial charge in [-0.25, -0.2) is 0 Å². The molecule has 26 heteroatoms. The molecule has 3 N–H and O–H groups in total. The lowest BCUT2D eigenvalue weighted by molar-refractivity contribution is -0.145. The van der Waals surface area contributed by atoms with Gasteiger partial charge in [-0.05, 0) is 184 Å². The molecule has 6 aliphatic rings. The molecule has 9 heterocycles. The number of benzene rings is 3. The molecule has 0 radical (unpaired) electrons. The lowest BCUT2D eigenvalue weighted by Crippen LogP contribution is -2.63. The molecule has 17 nitrogen and oxygen atoms in total. The van der Waals surface area contributed by atoms with E-state index < -0.39 is 63.4 Å². The summed E-state index contributed by atoms with van der Waals surface area (Å²) in [5, 5.41) is 17.0. The largest absolute Gasteiger partial charge is 0.493 e. The molecule has 99 heavy (non-hydrogen) atoms. The number of hydrogen-bond donors (Lipinski definition) is 3. The number of unbranched alkanes of at least 4 members (excludes halogenated alkanes) is 1. The predicted octanol–water partition coefficient (Wildman–Crippen LogP) is 13.9. The number of amides is 3. The molecule has 0 saturated carbocycles. The maximum atomic E-state index is 13.6. The molecule has 546 valence electrons. The van der Waals surface area contributed by atoms with E-state index in [2.05, 4.69) is 22.5 Å².